The van der Waals surface area contributed by atoms with E-state index in [9.17, 15) is 0 Å². The number of rotatable bonds is 3. The van der Waals surface area contributed by atoms with Crippen molar-refractivity contribution in [3.8, 4) is 0 Å². The highest BCUT2D eigenvalue weighted by molar-refractivity contribution is 7.99. The van der Waals surface area contributed by atoms with Crippen LogP contribution in [0.2, 0.25) is 0 Å². The zero-order valence-corrected chi connectivity index (χ0v) is 10.7. The lowest BCUT2D eigenvalue weighted by atomic mass is 10.1. The minimum absolute atomic E-state index is 0.693. The molecule has 90 valence electrons. The number of aromatic amines is 1. The minimum atomic E-state index is 0.693. The van der Waals surface area contributed by atoms with Crippen molar-refractivity contribution in [3.63, 3.8) is 0 Å². The van der Waals surface area contributed by atoms with Gasteiger partial charge in [0.15, 0.2) is 0 Å². The maximum absolute atomic E-state index is 3.68. The van der Waals surface area contributed by atoms with Crippen LogP contribution in [-0.4, -0.2) is 22.5 Å². The third kappa shape index (κ3) is 2.50. The Hall–Kier alpha value is -0.930. The van der Waals surface area contributed by atoms with Crippen LogP contribution in [0, 0.1) is 0 Å². The van der Waals surface area contributed by atoms with E-state index >= 15 is 0 Å². The molecule has 2 nitrogen and oxygen atoms in total. The van der Waals surface area contributed by atoms with Gasteiger partial charge in [-0.05, 0) is 35.6 Å². The molecule has 0 saturated carbocycles. The molecule has 1 unspecified atom stereocenters. The second kappa shape index (κ2) is 5.15. The molecule has 0 spiro atoms. The van der Waals surface area contributed by atoms with Gasteiger partial charge in [0.25, 0.3) is 0 Å². The fraction of sp³-hybridized carbons (Fsp3) is 0.429. The van der Waals surface area contributed by atoms with Crippen LogP contribution in [0.1, 0.15) is 18.4 Å². The maximum atomic E-state index is 3.68. The molecule has 3 heteroatoms. The van der Waals surface area contributed by atoms with Gasteiger partial charge in [0.2, 0.25) is 0 Å². The molecule has 2 heterocycles. The van der Waals surface area contributed by atoms with E-state index in [1.807, 2.05) is 6.20 Å². The summed E-state index contributed by atoms with van der Waals surface area (Å²) in [6, 6.07) is 9.34. The molecule has 3 rings (SSSR count). The number of hydrogen-bond acceptors (Lipinski definition) is 2. The van der Waals surface area contributed by atoms with Crippen molar-refractivity contribution in [1.82, 2.24) is 10.3 Å². The van der Waals surface area contributed by atoms with Gasteiger partial charge in [-0.25, -0.2) is 0 Å². The topological polar surface area (TPSA) is 27.8 Å². The number of hydrogen-bond donors (Lipinski definition) is 2. The zero-order valence-electron chi connectivity index (χ0n) is 9.91. The summed E-state index contributed by atoms with van der Waals surface area (Å²) in [6.45, 7) is 0.975. The Morgan fingerprint density at radius 3 is 3.24 bits per heavy atom. The lowest BCUT2D eigenvalue weighted by Crippen LogP contribution is -2.33. The standard InChI is InChI=1S/C14H18N2S/c1-3-11-6-7-15-14(11)12(4-1)9-16-13-5-2-8-17-10-13/h1,3-4,6-7,13,15-16H,2,5,8-10H2. The molecule has 1 atom stereocenters. The normalized spacial score (nSPS) is 20.8. The van der Waals surface area contributed by atoms with Gasteiger partial charge in [0.1, 0.15) is 0 Å². The zero-order chi connectivity index (χ0) is 11.5. The first kappa shape index (κ1) is 11.2. The monoisotopic (exact) mass is 246 g/mol. The molecule has 1 fully saturated rings. The van der Waals surface area contributed by atoms with E-state index < -0.39 is 0 Å². The van der Waals surface area contributed by atoms with Gasteiger partial charge in [-0.15, -0.1) is 0 Å². The van der Waals surface area contributed by atoms with Gasteiger partial charge in [-0.1, -0.05) is 18.2 Å². The summed E-state index contributed by atoms with van der Waals surface area (Å²) < 4.78 is 0. The Labute approximate surface area is 106 Å². The van der Waals surface area contributed by atoms with Crippen molar-refractivity contribution < 1.29 is 0 Å². The summed E-state index contributed by atoms with van der Waals surface area (Å²) >= 11 is 2.07. The lowest BCUT2D eigenvalue weighted by molar-refractivity contribution is 0.508. The Bertz CT molecular complexity index is 486. The summed E-state index contributed by atoms with van der Waals surface area (Å²) in [7, 11) is 0. The Balaban J connectivity index is 1.69. The SMILES string of the molecule is c1cc(CNC2CCCSC2)c2[nH]ccc2c1. The molecular formula is C14H18N2S. The fourth-order valence-electron chi connectivity index (χ4n) is 2.45. The van der Waals surface area contributed by atoms with Crippen LogP contribution in [-0.2, 0) is 6.54 Å². The van der Waals surface area contributed by atoms with Crippen LogP contribution < -0.4 is 5.32 Å². The van der Waals surface area contributed by atoms with Crippen LogP contribution in [0.25, 0.3) is 10.9 Å². The quantitative estimate of drug-likeness (QED) is 0.870. The van der Waals surface area contributed by atoms with Crippen LogP contribution in [0.5, 0.6) is 0 Å². The van der Waals surface area contributed by atoms with E-state index in [4.69, 9.17) is 0 Å². The van der Waals surface area contributed by atoms with Crippen LogP contribution in [0.3, 0.4) is 0 Å². The van der Waals surface area contributed by atoms with Crippen LogP contribution in [0.4, 0.5) is 0 Å². The minimum Gasteiger partial charge on any atom is -0.361 e. The molecule has 0 amide bonds. The predicted molar refractivity (Wildman–Crippen MR) is 75.5 cm³/mol. The van der Waals surface area contributed by atoms with Crippen molar-refractivity contribution in [3.05, 3.63) is 36.0 Å². The summed E-state index contributed by atoms with van der Waals surface area (Å²) in [5, 5.41) is 4.99. The number of benzene rings is 1. The molecule has 0 radical (unpaired) electrons. The van der Waals surface area contributed by atoms with Gasteiger partial charge in [0.05, 0.1) is 0 Å². The van der Waals surface area contributed by atoms with Crippen molar-refractivity contribution in [2.24, 2.45) is 0 Å². The Morgan fingerprint density at radius 1 is 1.35 bits per heavy atom. The van der Waals surface area contributed by atoms with E-state index in [1.54, 1.807) is 0 Å². The highest BCUT2D eigenvalue weighted by atomic mass is 32.2. The van der Waals surface area contributed by atoms with Gasteiger partial charge >= 0.3 is 0 Å². The number of H-pyrrole nitrogens is 1. The average molecular weight is 246 g/mol. The number of thioether (sulfide) groups is 1. The van der Waals surface area contributed by atoms with E-state index in [2.05, 4.69) is 46.3 Å². The molecule has 1 aromatic heterocycles. The van der Waals surface area contributed by atoms with E-state index in [1.165, 1.54) is 40.8 Å². The molecule has 1 saturated heterocycles. The lowest BCUT2D eigenvalue weighted by Gasteiger charge is -2.22. The number of aromatic nitrogens is 1. The van der Waals surface area contributed by atoms with Gasteiger partial charge in [-0.3, -0.25) is 0 Å². The molecule has 0 bridgehead atoms. The van der Waals surface area contributed by atoms with Crippen molar-refractivity contribution in [2.45, 2.75) is 25.4 Å². The average Bonchev–Trinajstić information content (AvgIpc) is 2.86. The highest BCUT2D eigenvalue weighted by Crippen LogP contribution is 2.19. The fourth-order valence-corrected chi connectivity index (χ4v) is 3.56. The Kier molecular flexibility index (Phi) is 3.39. The number of nitrogens with one attached hydrogen (secondary N) is 2. The molecule has 1 aliphatic heterocycles. The van der Waals surface area contributed by atoms with Crippen molar-refractivity contribution >= 4 is 22.7 Å². The molecule has 0 aliphatic carbocycles. The number of fused-ring (bicyclic) bond motifs is 1. The first-order valence-electron chi connectivity index (χ1n) is 6.29. The summed E-state index contributed by atoms with van der Waals surface area (Å²) in [4.78, 5) is 3.33. The molecule has 17 heavy (non-hydrogen) atoms. The van der Waals surface area contributed by atoms with Crippen molar-refractivity contribution in [1.29, 1.82) is 0 Å². The van der Waals surface area contributed by atoms with E-state index in [-0.39, 0.29) is 0 Å². The van der Waals surface area contributed by atoms with Gasteiger partial charge in [0, 0.05) is 30.1 Å². The predicted octanol–water partition coefficient (Wildman–Crippen LogP) is 3.15. The van der Waals surface area contributed by atoms with Gasteiger partial charge < -0.3 is 10.3 Å². The highest BCUT2D eigenvalue weighted by Gasteiger charge is 2.13. The maximum Gasteiger partial charge on any atom is 0.0499 e. The number of para-hydroxylation sites is 1. The Morgan fingerprint density at radius 2 is 2.35 bits per heavy atom. The smallest absolute Gasteiger partial charge is 0.0499 e. The summed E-state index contributed by atoms with van der Waals surface area (Å²) in [5.74, 6) is 2.60. The van der Waals surface area contributed by atoms with Gasteiger partial charge in [-0.2, -0.15) is 11.8 Å². The van der Waals surface area contributed by atoms with Crippen LogP contribution >= 0.6 is 11.8 Å². The van der Waals surface area contributed by atoms with E-state index in [0.29, 0.717) is 6.04 Å². The second-order valence-electron chi connectivity index (χ2n) is 4.65. The molecule has 1 aliphatic rings. The molecule has 1 aromatic carbocycles. The first-order chi connectivity index (χ1) is 8.43. The van der Waals surface area contributed by atoms with Crippen molar-refractivity contribution in [2.75, 3.05) is 11.5 Å². The molecule has 2 N–H and O–H groups in total. The first-order valence-corrected chi connectivity index (χ1v) is 7.45. The summed E-state index contributed by atoms with van der Waals surface area (Å²) in [5.41, 5.74) is 2.66. The molecule has 2 aromatic rings. The third-order valence-electron chi connectivity index (χ3n) is 3.42. The summed E-state index contributed by atoms with van der Waals surface area (Å²) in [6.07, 6.45) is 4.70. The largest absolute Gasteiger partial charge is 0.361 e. The third-order valence-corrected chi connectivity index (χ3v) is 4.63. The van der Waals surface area contributed by atoms with Crippen LogP contribution in [0.15, 0.2) is 30.5 Å². The second-order valence-corrected chi connectivity index (χ2v) is 5.80. The van der Waals surface area contributed by atoms with E-state index in [0.717, 1.165) is 6.54 Å². The molecular weight excluding hydrogens is 228 g/mol.